The van der Waals surface area contributed by atoms with Crippen molar-refractivity contribution in [2.24, 2.45) is 23.7 Å². The zero-order chi connectivity index (χ0) is 70.3. The fraction of sp³-hybridized carbons (Fsp3) is 0.947. The molecule has 0 spiro atoms. The number of aliphatic hydroxyl groups excluding tert-OH is 1. The first-order valence-electron chi connectivity index (χ1n) is 39.2. The minimum absolute atomic E-state index is 0.105. The predicted molar refractivity (Wildman–Crippen MR) is 386 cm³/mol. The van der Waals surface area contributed by atoms with E-state index in [4.69, 9.17) is 37.0 Å². The summed E-state index contributed by atoms with van der Waals surface area (Å²) in [4.78, 5) is 72.7. The number of unbranched alkanes of at least 4 members (excludes halogenated alkanes) is 39. The lowest BCUT2D eigenvalue weighted by molar-refractivity contribution is -0.161. The van der Waals surface area contributed by atoms with Crippen LogP contribution in [0, 0.1) is 23.7 Å². The second-order valence-corrected chi connectivity index (χ2v) is 32.2. The van der Waals surface area contributed by atoms with Crippen molar-refractivity contribution in [3.05, 3.63) is 0 Å². The average molecular weight is 1400 g/mol. The van der Waals surface area contributed by atoms with E-state index >= 15 is 0 Å². The molecule has 0 heterocycles. The molecule has 0 saturated heterocycles. The van der Waals surface area contributed by atoms with E-state index in [0.29, 0.717) is 31.6 Å². The molecular weight excluding hydrogens is 1250 g/mol. The minimum atomic E-state index is -4.96. The second-order valence-electron chi connectivity index (χ2n) is 29.3. The topological polar surface area (TPSA) is 237 Å². The fourth-order valence-corrected chi connectivity index (χ4v) is 13.1. The first kappa shape index (κ1) is 93.1. The minimum Gasteiger partial charge on any atom is -0.462 e. The number of rotatable bonds is 73. The van der Waals surface area contributed by atoms with Gasteiger partial charge in [0.15, 0.2) is 12.2 Å². The summed E-state index contributed by atoms with van der Waals surface area (Å²) in [5, 5.41) is 10.6. The Kier molecular flexibility index (Phi) is 64.0. The number of phosphoric ester groups is 2. The van der Waals surface area contributed by atoms with E-state index < -0.39 is 97.5 Å². The van der Waals surface area contributed by atoms with Crippen LogP contribution in [0.15, 0.2) is 0 Å². The van der Waals surface area contributed by atoms with Gasteiger partial charge < -0.3 is 33.8 Å². The van der Waals surface area contributed by atoms with Gasteiger partial charge in [-0.25, -0.2) is 9.13 Å². The van der Waals surface area contributed by atoms with Crippen molar-refractivity contribution in [2.45, 2.75) is 401 Å². The molecule has 0 aliphatic heterocycles. The summed E-state index contributed by atoms with van der Waals surface area (Å²) in [5.41, 5.74) is 0. The number of hydrogen-bond donors (Lipinski definition) is 3. The Labute approximate surface area is 581 Å². The number of carbonyl (C=O) groups is 4. The highest BCUT2D eigenvalue weighted by atomic mass is 31.2. The molecule has 0 aliphatic carbocycles. The third-order valence-corrected chi connectivity index (χ3v) is 19.5. The predicted octanol–water partition coefficient (Wildman–Crippen LogP) is 22.0. The highest BCUT2D eigenvalue weighted by Gasteiger charge is 2.30. The Morgan fingerprint density at radius 3 is 0.653 bits per heavy atom. The fourth-order valence-electron chi connectivity index (χ4n) is 11.6. The molecule has 0 fully saturated rings. The molecule has 0 saturated carbocycles. The smallest absolute Gasteiger partial charge is 0.462 e. The van der Waals surface area contributed by atoms with Gasteiger partial charge in [0.1, 0.15) is 19.3 Å². The second kappa shape index (κ2) is 65.4. The lowest BCUT2D eigenvalue weighted by atomic mass is 10.0. The lowest BCUT2D eigenvalue weighted by Crippen LogP contribution is -2.30. The molecular formula is C76H148O17P2. The van der Waals surface area contributed by atoms with E-state index in [1.165, 1.54) is 180 Å². The van der Waals surface area contributed by atoms with Crippen LogP contribution in [0.25, 0.3) is 0 Å². The molecule has 0 rings (SSSR count). The van der Waals surface area contributed by atoms with Gasteiger partial charge in [-0.2, -0.15) is 0 Å². The van der Waals surface area contributed by atoms with E-state index in [-0.39, 0.29) is 25.7 Å². The van der Waals surface area contributed by atoms with Crippen LogP contribution in [-0.2, 0) is 65.4 Å². The quantitative estimate of drug-likeness (QED) is 0.0222. The van der Waals surface area contributed by atoms with Crippen molar-refractivity contribution in [3.8, 4) is 0 Å². The number of hydrogen-bond acceptors (Lipinski definition) is 15. The summed E-state index contributed by atoms with van der Waals surface area (Å²) >= 11 is 0. The van der Waals surface area contributed by atoms with Gasteiger partial charge in [0, 0.05) is 25.7 Å². The maximum Gasteiger partial charge on any atom is 0.472 e. The first-order chi connectivity index (χ1) is 45.6. The summed E-state index contributed by atoms with van der Waals surface area (Å²) < 4.78 is 68.5. The normalized spacial score (nSPS) is 14.1. The maximum atomic E-state index is 13.1. The first-order valence-corrected chi connectivity index (χ1v) is 42.2. The van der Waals surface area contributed by atoms with E-state index in [1.807, 2.05) is 0 Å². The van der Waals surface area contributed by atoms with Gasteiger partial charge in [-0.15, -0.1) is 0 Å². The Bertz CT molecular complexity index is 1870. The maximum absolute atomic E-state index is 13.1. The monoisotopic (exact) mass is 1400 g/mol. The molecule has 5 atom stereocenters. The molecule has 0 aliphatic rings. The van der Waals surface area contributed by atoms with Crippen molar-refractivity contribution in [1.29, 1.82) is 0 Å². The van der Waals surface area contributed by atoms with E-state index in [0.717, 1.165) is 114 Å². The third kappa shape index (κ3) is 70.3. The van der Waals surface area contributed by atoms with Gasteiger partial charge in [0.05, 0.1) is 26.4 Å². The average Bonchev–Trinajstić information content (AvgIpc) is 1.28. The Morgan fingerprint density at radius 2 is 0.442 bits per heavy atom. The highest BCUT2D eigenvalue weighted by molar-refractivity contribution is 7.47. The third-order valence-electron chi connectivity index (χ3n) is 17.6. The van der Waals surface area contributed by atoms with E-state index in [2.05, 4.69) is 55.4 Å². The molecule has 0 bridgehead atoms. The molecule has 0 amide bonds. The van der Waals surface area contributed by atoms with Crippen molar-refractivity contribution in [3.63, 3.8) is 0 Å². The number of aliphatic hydroxyl groups is 1. The van der Waals surface area contributed by atoms with Crippen LogP contribution >= 0.6 is 15.6 Å². The van der Waals surface area contributed by atoms with Crippen LogP contribution in [0.3, 0.4) is 0 Å². The zero-order valence-electron chi connectivity index (χ0n) is 62.3. The van der Waals surface area contributed by atoms with Crippen LogP contribution in [0.2, 0.25) is 0 Å². The largest absolute Gasteiger partial charge is 0.472 e. The summed E-state index contributed by atoms with van der Waals surface area (Å²) in [7, 11) is -9.91. The van der Waals surface area contributed by atoms with Crippen LogP contribution < -0.4 is 0 Å². The molecule has 95 heavy (non-hydrogen) atoms. The standard InChI is InChI=1S/C76H148O17P2/c1-66(2)52-44-36-28-22-17-15-13-11-9-10-12-14-16-18-25-32-42-50-58-75(80)93-72(63-87-74(79)57-49-41-35-34-39-47-55-69(7)8)65-91-95(84,85)89-61-70(77)60-88-94(82,83)90-64-71(62-86-73(78)56-48-40-31-27-21-24-30-38-46-54-68(5)6)92-76(81)59-51-43-33-26-20-19-23-29-37-45-53-67(3)4/h66-72,77H,9-65H2,1-8H3,(H,82,83)(H,84,85)/t70?,71-,72-/m1/s1. The van der Waals surface area contributed by atoms with Gasteiger partial charge in [-0.1, -0.05) is 331 Å². The number of ether oxygens (including phenoxy) is 4. The Balaban J connectivity index is 5.17. The summed E-state index contributed by atoms with van der Waals surface area (Å²) in [6.45, 7) is 14.1. The van der Waals surface area contributed by atoms with Gasteiger partial charge >= 0.3 is 39.5 Å². The van der Waals surface area contributed by atoms with Gasteiger partial charge in [0.25, 0.3) is 0 Å². The molecule has 3 unspecified atom stereocenters. The van der Waals surface area contributed by atoms with Crippen LogP contribution in [0.5, 0.6) is 0 Å². The summed E-state index contributed by atoms with van der Waals surface area (Å²) in [6.07, 6.45) is 50.2. The van der Waals surface area contributed by atoms with E-state index in [9.17, 15) is 43.2 Å². The SMILES string of the molecule is CC(C)CCCCCCCCCCCCCCCCCCCCC(=O)O[C@H](COC(=O)CCCCCCCCC(C)C)COP(=O)(O)OCC(O)COP(=O)(O)OC[C@@H](COC(=O)CCCCCCCCCCCC(C)C)OC(=O)CCCCCCCCCCCCC(C)C. The van der Waals surface area contributed by atoms with Crippen molar-refractivity contribution >= 4 is 39.5 Å². The number of carbonyl (C=O) groups excluding carboxylic acids is 4. The van der Waals surface area contributed by atoms with Crippen LogP contribution in [0.4, 0.5) is 0 Å². The van der Waals surface area contributed by atoms with Crippen molar-refractivity contribution < 1.29 is 80.2 Å². The van der Waals surface area contributed by atoms with E-state index in [1.54, 1.807) is 0 Å². The molecule has 0 aromatic carbocycles. The zero-order valence-corrected chi connectivity index (χ0v) is 64.1. The summed E-state index contributed by atoms with van der Waals surface area (Å²) in [6, 6.07) is 0. The van der Waals surface area contributed by atoms with Crippen LogP contribution in [-0.4, -0.2) is 96.7 Å². The van der Waals surface area contributed by atoms with Gasteiger partial charge in [0.2, 0.25) is 0 Å². The molecule has 0 aromatic heterocycles. The molecule has 3 N–H and O–H groups in total. The Morgan fingerprint density at radius 1 is 0.263 bits per heavy atom. The van der Waals surface area contributed by atoms with Gasteiger partial charge in [-0.05, 0) is 49.4 Å². The number of phosphoric acid groups is 2. The van der Waals surface area contributed by atoms with Crippen LogP contribution in [0.1, 0.15) is 383 Å². The molecule has 564 valence electrons. The molecule has 0 aromatic rings. The Hall–Kier alpha value is -1.94. The molecule has 19 heteroatoms. The van der Waals surface area contributed by atoms with Crippen molar-refractivity contribution in [1.82, 2.24) is 0 Å². The lowest BCUT2D eigenvalue weighted by Gasteiger charge is -2.21. The number of esters is 4. The highest BCUT2D eigenvalue weighted by Crippen LogP contribution is 2.45. The summed E-state index contributed by atoms with van der Waals surface area (Å²) in [5.74, 6) is 0.871. The van der Waals surface area contributed by atoms with Gasteiger partial charge in [-0.3, -0.25) is 37.3 Å². The molecule has 17 nitrogen and oxygen atoms in total. The van der Waals surface area contributed by atoms with Crippen molar-refractivity contribution in [2.75, 3.05) is 39.6 Å². The molecule has 0 radical (unpaired) electrons.